The summed E-state index contributed by atoms with van der Waals surface area (Å²) in [5.41, 5.74) is 11.8. The van der Waals surface area contributed by atoms with Gasteiger partial charge in [0.2, 0.25) is 0 Å². The van der Waals surface area contributed by atoms with Gasteiger partial charge in [-0.15, -0.1) is 0 Å². The minimum Gasteiger partial charge on any atom is -0.397 e. The van der Waals surface area contributed by atoms with Crippen molar-refractivity contribution in [3.8, 4) is 0 Å². The first-order valence-electron chi connectivity index (χ1n) is 5.95. The third-order valence-corrected chi connectivity index (χ3v) is 3.16. The Morgan fingerprint density at radius 2 is 2.39 bits per heavy atom. The van der Waals surface area contributed by atoms with Gasteiger partial charge in [-0.05, 0) is 18.9 Å². The van der Waals surface area contributed by atoms with Gasteiger partial charge in [0.15, 0.2) is 0 Å². The van der Waals surface area contributed by atoms with Gasteiger partial charge in [-0.3, -0.25) is 4.79 Å². The van der Waals surface area contributed by atoms with E-state index in [9.17, 15) is 4.79 Å². The Labute approximate surface area is 106 Å². The molecule has 0 aromatic carbocycles. The maximum absolute atomic E-state index is 11.4. The highest BCUT2D eigenvalue weighted by Crippen LogP contribution is 2.24. The molecule has 1 saturated heterocycles. The van der Waals surface area contributed by atoms with Gasteiger partial charge in [-0.2, -0.15) is 0 Å². The van der Waals surface area contributed by atoms with Crippen LogP contribution in [0.4, 0.5) is 11.5 Å². The number of rotatable bonds is 3. The molecule has 0 radical (unpaired) electrons. The van der Waals surface area contributed by atoms with E-state index in [4.69, 9.17) is 16.2 Å². The van der Waals surface area contributed by atoms with Crippen LogP contribution in [0.5, 0.6) is 0 Å². The largest absolute Gasteiger partial charge is 0.397 e. The molecule has 0 bridgehead atoms. The van der Waals surface area contributed by atoms with Crippen molar-refractivity contribution >= 4 is 17.4 Å². The van der Waals surface area contributed by atoms with Gasteiger partial charge in [-0.1, -0.05) is 0 Å². The highest BCUT2D eigenvalue weighted by atomic mass is 16.5. The van der Waals surface area contributed by atoms with Crippen LogP contribution in [0.1, 0.15) is 23.2 Å². The van der Waals surface area contributed by atoms with Crippen molar-refractivity contribution in [3.05, 3.63) is 17.8 Å². The molecule has 18 heavy (non-hydrogen) atoms. The van der Waals surface area contributed by atoms with Crippen LogP contribution in [-0.2, 0) is 4.74 Å². The number of pyridine rings is 1. The zero-order valence-corrected chi connectivity index (χ0v) is 10.4. The Balaban J connectivity index is 2.29. The van der Waals surface area contributed by atoms with Crippen LogP contribution in [0.3, 0.4) is 0 Å². The van der Waals surface area contributed by atoms with Crippen molar-refractivity contribution in [3.63, 3.8) is 0 Å². The van der Waals surface area contributed by atoms with E-state index >= 15 is 0 Å². The van der Waals surface area contributed by atoms with Gasteiger partial charge in [-0.25, -0.2) is 4.98 Å². The van der Waals surface area contributed by atoms with Crippen molar-refractivity contribution in [2.75, 3.05) is 30.8 Å². The topological polar surface area (TPSA) is 94.5 Å². The molecule has 1 unspecified atom stereocenters. The summed E-state index contributed by atoms with van der Waals surface area (Å²) in [4.78, 5) is 17.7. The van der Waals surface area contributed by atoms with E-state index in [1.807, 2.05) is 4.90 Å². The molecule has 1 aromatic rings. The second-order valence-electron chi connectivity index (χ2n) is 4.45. The molecule has 0 saturated carbocycles. The predicted molar refractivity (Wildman–Crippen MR) is 69.4 cm³/mol. The number of carbonyl (C=O) groups excluding carboxylic acids is 1. The molecule has 1 atom stereocenters. The highest BCUT2D eigenvalue weighted by molar-refractivity contribution is 5.98. The zero-order chi connectivity index (χ0) is 13.1. The lowest BCUT2D eigenvalue weighted by atomic mass is 10.1. The summed E-state index contributed by atoms with van der Waals surface area (Å²) in [5, 5.41) is 0. The molecule has 1 fully saturated rings. The normalized spacial score (nSPS) is 19.8. The summed E-state index contributed by atoms with van der Waals surface area (Å²) in [6.07, 6.45) is 3.73. The SMILES string of the molecule is COC1CCCN(c2ncc(N)cc2C(N)=O)C1. The summed E-state index contributed by atoms with van der Waals surface area (Å²) >= 11 is 0. The minimum absolute atomic E-state index is 0.166. The molecule has 1 aliphatic heterocycles. The molecule has 4 N–H and O–H groups in total. The summed E-state index contributed by atoms with van der Waals surface area (Å²) in [6, 6.07) is 1.57. The number of anilines is 2. The molecule has 98 valence electrons. The average Bonchev–Trinajstić information content (AvgIpc) is 2.38. The smallest absolute Gasteiger partial charge is 0.252 e. The number of nitrogens with zero attached hydrogens (tertiary/aromatic N) is 2. The number of primary amides is 1. The van der Waals surface area contributed by atoms with Crippen LogP contribution in [-0.4, -0.2) is 37.2 Å². The van der Waals surface area contributed by atoms with Crippen molar-refractivity contribution in [1.82, 2.24) is 4.98 Å². The van der Waals surface area contributed by atoms with E-state index in [1.54, 1.807) is 13.2 Å². The Bertz CT molecular complexity index is 450. The fraction of sp³-hybridized carbons (Fsp3) is 0.500. The van der Waals surface area contributed by atoms with Gasteiger partial charge in [0, 0.05) is 20.2 Å². The number of nitrogens with two attached hydrogens (primary N) is 2. The number of ether oxygens (including phenoxy) is 1. The monoisotopic (exact) mass is 250 g/mol. The Morgan fingerprint density at radius 3 is 3.06 bits per heavy atom. The molecule has 1 aliphatic rings. The van der Waals surface area contributed by atoms with Gasteiger partial charge in [0.05, 0.1) is 23.6 Å². The van der Waals surface area contributed by atoms with Crippen LogP contribution in [0.15, 0.2) is 12.3 Å². The minimum atomic E-state index is -0.510. The Morgan fingerprint density at radius 1 is 1.61 bits per heavy atom. The van der Waals surface area contributed by atoms with Crippen LogP contribution < -0.4 is 16.4 Å². The van der Waals surface area contributed by atoms with Crippen molar-refractivity contribution in [2.45, 2.75) is 18.9 Å². The fourth-order valence-corrected chi connectivity index (χ4v) is 2.23. The zero-order valence-electron chi connectivity index (χ0n) is 10.4. The van der Waals surface area contributed by atoms with Crippen LogP contribution in [0.25, 0.3) is 0 Å². The second kappa shape index (κ2) is 5.22. The third-order valence-electron chi connectivity index (χ3n) is 3.16. The first kappa shape index (κ1) is 12.6. The van der Waals surface area contributed by atoms with Crippen LogP contribution >= 0.6 is 0 Å². The van der Waals surface area contributed by atoms with E-state index in [2.05, 4.69) is 4.98 Å². The molecule has 2 rings (SSSR count). The lowest BCUT2D eigenvalue weighted by Gasteiger charge is -2.33. The summed E-state index contributed by atoms with van der Waals surface area (Å²) in [6.45, 7) is 1.56. The number of hydrogen-bond donors (Lipinski definition) is 2. The average molecular weight is 250 g/mol. The molecule has 2 heterocycles. The first-order valence-corrected chi connectivity index (χ1v) is 5.95. The Hall–Kier alpha value is -1.82. The molecule has 6 nitrogen and oxygen atoms in total. The van der Waals surface area contributed by atoms with Crippen molar-refractivity contribution < 1.29 is 9.53 Å². The van der Waals surface area contributed by atoms with Crippen LogP contribution in [0.2, 0.25) is 0 Å². The van der Waals surface area contributed by atoms with Gasteiger partial charge < -0.3 is 21.1 Å². The molecular formula is C12H18N4O2. The maximum atomic E-state index is 11.4. The number of amides is 1. The molecule has 0 aliphatic carbocycles. The lowest BCUT2D eigenvalue weighted by Crippen LogP contribution is -2.40. The van der Waals surface area contributed by atoms with E-state index < -0.39 is 5.91 Å². The molecule has 6 heteroatoms. The van der Waals surface area contributed by atoms with E-state index in [1.165, 1.54) is 6.20 Å². The number of aromatic nitrogens is 1. The number of piperidine rings is 1. The number of methoxy groups -OCH3 is 1. The molecular weight excluding hydrogens is 232 g/mol. The summed E-state index contributed by atoms with van der Waals surface area (Å²) < 4.78 is 5.36. The molecule has 0 spiro atoms. The number of nitrogen functional groups attached to an aromatic ring is 1. The van der Waals surface area contributed by atoms with Gasteiger partial charge >= 0.3 is 0 Å². The lowest BCUT2D eigenvalue weighted by molar-refractivity contribution is 0.0888. The second-order valence-corrected chi connectivity index (χ2v) is 4.45. The highest BCUT2D eigenvalue weighted by Gasteiger charge is 2.23. The third kappa shape index (κ3) is 2.53. The first-order chi connectivity index (χ1) is 8.61. The quantitative estimate of drug-likeness (QED) is 0.808. The maximum Gasteiger partial charge on any atom is 0.252 e. The standard InChI is InChI=1S/C12H18N4O2/c1-18-9-3-2-4-16(7-9)12-10(11(14)17)5-8(13)6-15-12/h5-6,9H,2-4,7,13H2,1H3,(H2,14,17). The fourth-order valence-electron chi connectivity index (χ4n) is 2.23. The van der Waals surface area contributed by atoms with E-state index in [0.29, 0.717) is 23.6 Å². The predicted octanol–water partition coefficient (Wildman–Crippen LogP) is 0.378. The van der Waals surface area contributed by atoms with E-state index in [-0.39, 0.29) is 6.10 Å². The number of carbonyl (C=O) groups is 1. The van der Waals surface area contributed by atoms with Gasteiger partial charge in [0.25, 0.3) is 5.91 Å². The van der Waals surface area contributed by atoms with E-state index in [0.717, 1.165) is 19.4 Å². The van der Waals surface area contributed by atoms with Crippen molar-refractivity contribution in [1.29, 1.82) is 0 Å². The van der Waals surface area contributed by atoms with Crippen molar-refractivity contribution in [2.24, 2.45) is 5.73 Å². The Kier molecular flexibility index (Phi) is 3.66. The number of hydrogen-bond acceptors (Lipinski definition) is 5. The summed E-state index contributed by atoms with van der Waals surface area (Å²) in [7, 11) is 1.69. The molecule has 1 aromatic heterocycles. The summed E-state index contributed by atoms with van der Waals surface area (Å²) in [5.74, 6) is 0.0859. The van der Waals surface area contributed by atoms with Gasteiger partial charge in [0.1, 0.15) is 5.82 Å². The van der Waals surface area contributed by atoms with Crippen LogP contribution in [0, 0.1) is 0 Å². The molecule has 1 amide bonds.